The third kappa shape index (κ3) is 7.11. The summed E-state index contributed by atoms with van der Waals surface area (Å²) in [6.07, 6.45) is 4.81. The van der Waals surface area contributed by atoms with Gasteiger partial charge in [0.15, 0.2) is 5.96 Å². The maximum absolute atomic E-state index is 11.5. The Morgan fingerprint density at radius 3 is 2.55 bits per heavy atom. The van der Waals surface area contributed by atoms with Crippen LogP contribution in [0.15, 0.2) is 29.3 Å². The second-order valence-electron chi connectivity index (χ2n) is 5.11. The van der Waals surface area contributed by atoms with E-state index in [0.717, 1.165) is 18.5 Å². The van der Waals surface area contributed by atoms with Crippen LogP contribution in [-0.2, 0) is 11.3 Å². The summed E-state index contributed by atoms with van der Waals surface area (Å²) in [5.41, 5.74) is 7.37. The van der Waals surface area contributed by atoms with Crippen molar-refractivity contribution in [2.24, 2.45) is 10.7 Å². The Bertz CT molecular complexity index is 469. The van der Waals surface area contributed by atoms with Crippen molar-refractivity contribution in [1.82, 2.24) is 5.32 Å². The maximum atomic E-state index is 11.5. The summed E-state index contributed by atoms with van der Waals surface area (Å²) in [7, 11) is 0. The molecular weight excluding hydrogens is 278 g/mol. The van der Waals surface area contributed by atoms with Crippen LogP contribution in [0.4, 0.5) is 0 Å². The molecule has 0 aliphatic carbocycles. The van der Waals surface area contributed by atoms with Crippen LogP contribution < -0.4 is 11.1 Å². The number of ether oxygens (including phenoxy) is 1. The van der Waals surface area contributed by atoms with Gasteiger partial charge in [-0.05, 0) is 31.0 Å². The number of nitrogens with zero attached hydrogens (tertiary/aromatic N) is 1. The molecule has 0 saturated carbocycles. The van der Waals surface area contributed by atoms with Crippen LogP contribution in [0.3, 0.4) is 0 Å². The predicted molar refractivity (Wildman–Crippen MR) is 89.9 cm³/mol. The Hall–Kier alpha value is -2.04. The van der Waals surface area contributed by atoms with E-state index in [4.69, 9.17) is 10.5 Å². The lowest BCUT2D eigenvalue weighted by molar-refractivity contribution is 0.0526. The molecule has 5 heteroatoms. The molecule has 0 atom stereocenters. The van der Waals surface area contributed by atoms with Gasteiger partial charge in [0.25, 0.3) is 0 Å². The molecule has 122 valence electrons. The quantitative estimate of drug-likeness (QED) is 0.318. The Labute approximate surface area is 133 Å². The van der Waals surface area contributed by atoms with E-state index in [1.54, 1.807) is 19.1 Å². The number of hydrogen-bond donors (Lipinski definition) is 2. The van der Waals surface area contributed by atoms with Crippen molar-refractivity contribution in [3.05, 3.63) is 35.4 Å². The van der Waals surface area contributed by atoms with Gasteiger partial charge < -0.3 is 15.8 Å². The first-order chi connectivity index (χ1) is 10.7. The smallest absolute Gasteiger partial charge is 0.338 e. The molecule has 0 spiro atoms. The number of nitrogens with two attached hydrogens (primary N) is 1. The fourth-order valence-corrected chi connectivity index (χ4v) is 1.96. The zero-order chi connectivity index (χ0) is 16.2. The Morgan fingerprint density at radius 1 is 1.18 bits per heavy atom. The van der Waals surface area contributed by atoms with E-state index in [1.807, 2.05) is 12.1 Å². The molecule has 5 nitrogen and oxygen atoms in total. The SMILES string of the molecule is CCCCCCNC(N)=NCc1ccc(C(=O)OCC)cc1. The summed E-state index contributed by atoms with van der Waals surface area (Å²) in [6.45, 7) is 5.72. The largest absolute Gasteiger partial charge is 0.462 e. The van der Waals surface area contributed by atoms with Crippen molar-refractivity contribution in [1.29, 1.82) is 0 Å². The number of hydrogen-bond acceptors (Lipinski definition) is 3. The van der Waals surface area contributed by atoms with Crippen LogP contribution in [0.25, 0.3) is 0 Å². The van der Waals surface area contributed by atoms with E-state index in [-0.39, 0.29) is 5.97 Å². The highest BCUT2D eigenvalue weighted by molar-refractivity contribution is 5.89. The molecule has 3 N–H and O–H groups in total. The summed E-state index contributed by atoms with van der Waals surface area (Å²) >= 11 is 0. The molecule has 22 heavy (non-hydrogen) atoms. The van der Waals surface area contributed by atoms with E-state index in [9.17, 15) is 4.79 Å². The molecule has 0 aromatic heterocycles. The van der Waals surface area contributed by atoms with Crippen molar-refractivity contribution >= 4 is 11.9 Å². The Kier molecular flexibility index (Phi) is 8.72. The number of guanidine groups is 1. The number of unbranched alkanes of at least 4 members (excludes halogenated alkanes) is 3. The molecule has 0 amide bonds. The molecule has 0 fully saturated rings. The van der Waals surface area contributed by atoms with Crippen LogP contribution in [0.1, 0.15) is 55.5 Å². The average Bonchev–Trinajstić information content (AvgIpc) is 2.53. The number of esters is 1. The highest BCUT2D eigenvalue weighted by Crippen LogP contribution is 2.07. The van der Waals surface area contributed by atoms with Crippen molar-refractivity contribution in [3.8, 4) is 0 Å². The third-order valence-electron chi connectivity index (χ3n) is 3.23. The lowest BCUT2D eigenvalue weighted by Gasteiger charge is -2.06. The van der Waals surface area contributed by atoms with E-state index < -0.39 is 0 Å². The summed E-state index contributed by atoms with van der Waals surface area (Å²) < 4.78 is 4.94. The molecule has 1 aromatic rings. The van der Waals surface area contributed by atoms with Crippen LogP contribution in [-0.4, -0.2) is 25.1 Å². The highest BCUT2D eigenvalue weighted by Gasteiger charge is 2.05. The number of nitrogens with one attached hydrogen (secondary N) is 1. The van der Waals surface area contributed by atoms with Gasteiger partial charge in [-0.2, -0.15) is 0 Å². The molecular formula is C17H27N3O2. The molecule has 0 bridgehead atoms. The van der Waals surface area contributed by atoms with Gasteiger partial charge in [-0.3, -0.25) is 0 Å². The van der Waals surface area contributed by atoms with Crippen LogP contribution in [0.5, 0.6) is 0 Å². The Balaban J connectivity index is 2.36. The molecule has 1 aromatic carbocycles. The molecule has 0 aliphatic rings. The van der Waals surface area contributed by atoms with Crippen LogP contribution >= 0.6 is 0 Å². The molecule has 0 saturated heterocycles. The minimum Gasteiger partial charge on any atom is -0.462 e. The fraction of sp³-hybridized carbons (Fsp3) is 0.529. The van der Waals surface area contributed by atoms with Gasteiger partial charge in [0.2, 0.25) is 0 Å². The zero-order valence-electron chi connectivity index (χ0n) is 13.6. The van der Waals surface area contributed by atoms with E-state index >= 15 is 0 Å². The second-order valence-corrected chi connectivity index (χ2v) is 5.11. The number of benzene rings is 1. The van der Waals surface area contributed by atoms with E-state index in [0.29, 0.717) is 24.7 Å². The van der Waals surface area contributed by atoms with Crippen LogP contribution in [0.2, 0.25) is 0 Å². The average molecular weight is 305 g/mol. The summed E-state index contributed by atoms with van der Waals surface area (Å²) in [5.74, 6) is 0.164. The number of aliphatic imine (C=N–C) groups is 1. The van der Waals surface area contributed by atoms with Gasteiger partial charge in [-0.1, -0.05) is 38.3 Å². The van der Waals surface area contributed by atoms with Gasteiger partial charge >= 0.3 is 5.97 Å². The topological polar surface area (TPSA) is 76.7 Å². The van der Waals surface area contributed by atoms with Gasteiger partial charge in [-0.25, -0.2) is 9.79 Å². The second kappa shape index (κ2) is 10.7. The predicted octanol–water partition coefficient (Wildman–Crippen LogP) is 2.85. The zero-order valence-corrected chi connectivity index (χ0v) is 13.6. The minimum atomic E-state index is -0.300. The molecule has 1 rings (SSSR count). The van der Waals surface area contributed by atoms with Crippen LogP contribution in [0, 0.1) is 0 Å². The number of rotatable bonds is 9. The van der Waals surface area contributed by atoms with E-state index in [1.165, 1.54) is 19.3 Å². The van der Waals surface area contributed by atoms with Gasteiger partial charge in [-0.15, -0.1) is 0 Å². The first-order valence-corrected chi connectivity index (χ1v) is 7.97. The minimum absolute atomic E-state index is 0.300. The molecule has 0 unspecified atom stereocenters. The summed E-state index contributed by atoms with van der Waals surface area (Å²) in [6, 6.07) is 7.23. The molecule has 0 aliphatic heterocycles. The Morgan fingerprint density at radius 2 is 1.91 bits per heavy atom. The van der Waals surface area contributed by atoms with E-state index in [2.05, 4.69) is 17.2 Å². The van der Waals surface area contributed by atoms with Crippen molar-refractivity contribution in [2.75, 3.05) is 13.2 Å². The normalized spacial score (nSPS) is 11.3. The standard InChI is InChI=1S/C17H27N3O2/c1-3-5-6-7-12-19-17(18)20-13-14-8-10-15(11-9-14)16(21)22-4-2/h8-11H,3-7,12-13H2,1-2H3,(H3,18,19,20). The van der Waals surface area contributed by atoms with Gasteiger partial charge in [0, 0.05) is 6.54 Å². The monoisotopic (exact) mass is 305 g/mol. The lowest BCUT2D eigenvalue weighted by atomic mass is 10.1. The molecule has 0 radical (unpaired) electrons. The third-order valence-corrected chi connectivity index (χ3v) is 3.23. The summed E-state index contributed by atoms with van der Waals surface area (Å²) in [5, 5.41) is 3.11. The van der Waals surface area contributed by atoms with Crippen molar-refractivity contribution < 1.29 is 9.53 Å². The number of carbonyl (C=O) groups is 1. The maximum Gasteiger partial charge on any atom is 0.338 e. The fourth-order valence-electron chi connectivity index (χ4n) is 1.96. The lowest BCUT2D eigenvalue weighted by Crippen LogP contribution is -2.32. The summed E-state index contributed by atoms with van der Waals surface area (Å²) in [4.78, 5) is 15.8. The van der Waals surface area contributed by atoms with Gasteiger partial charge in [0.1, 0.15) is 0 Å². The van der Waals surface area contributed by atoms with Gasteiger partial charge in [0.05, 0.1) is 18.7 Å². The van der Waals surface area contributed by atoms with Crippen molar-refractivity contribution in [3.63, 3.8) is 0 Å². The molecule has 0 heterocycles. The highest BCUT2D eigenvalue weighted by atomic mass is 16.5. The number of carbonyl (C=O) groups excluding carboxylic acids is 1. The van der Waals surface area contributed by atoms with Crippen molar-refractivity contribution in [2.45, 2.75) is 46.1 Å². The first-order valence-electron chi connectivity index (χ1n) is 7.97. The first kappa shape index (κ1) is 18.0.